The van der Waals surface area contributed by atoms with Crippen LogP contribution in [0.1, 0.15) is 11.5 Å². The Hall–Kier alpha value is -1.95. The molecule has 1 aromatic carbocycles. The van der Waals surface area contributed by atoms with Gasteiger partial charge in [0.15, 0.2) is 5.16 Å². The predicted octanol–water partition coefficient (Wildman–Crippen LogP) is 1.62. The van der Waals surface area contributed by atoms with Gasteiger partial charge >= 0.3 is 0 Å². The summed E-state index contributed by atoms with van der Waals surface area (Å²) in [5, 5.41) is 0.550. The van der Waals surface area contributed by atoms with Gasteiger partial charge in [0.25, 0.3) is 5.56 Å². The molecule has 1 atom stereocenters. The van der Waals surface area contributed by atoms with Gasteiger partial charge in [0.2, 0.25) is 0 Å². The van der Waals surface area contributed by atoms with Crippen molar-refractivity contribution in [1.29, 1.82) is 0 Å². The Morgan fingerprint density at radius 2 is 2.32 bits per heavy atom. The monoisotopic (exact) mass is 275 g/mol. The molecular weight excluding hydrogens is 262 g/mol. The van der Waals surface area contributed by atoms with E-state index < -0.39 is 0 Å². The van der Waals surface area contributed by atoms with Gasteiger partial charge < -0.3 is 15.5 Å². The molecule has 0 saturated heterocycles. The average molecular weight is 275 g/mol. The molecule has 3 N–H and O–H groups in total. The van der Waals surface area contributed by atoms with Crippen molar-refractivity contribution in [2.75, 3.05) is 18.1 Å². The van der Waals surface area contributed by atoms with E-state index in [1.54, 1.807) is 0 Å². The van der Waals surface area contributed by atoms with Gasteiger partial charge in [-0.1, -0.05) is 30.0 Å². The van der Waals surface area contributed by atoms with Crippen molar-refractivity contribution in [3.63, 3.8) is 0 Å². The lowest BCUT2D eigenvalue weighted by Gasteiger charge is -2.07. The highest BCUT2D eigenvalue weighted by molar-refractivity contribution is 7.99. The fourth-order valence-corrected chi connectivity index (χ4v) is 3.05. The highest BCUT2D eigenvalue weighted by Crippen LogP contribution is 2.36. The maximum atomic E-state index is 11.3. The maximum Gasteiger partial charge on any atom is 0.253 e. The number of thioether (sulfide) groups is 1. The van der Waals surface area contributed by atoms with E-state index in [4.69, 9.17) is 10.5 Å². The molecule has 1 aliphatic rings. The fraction of sp³-hybridized carbons (Fsp3) is 0.231. The van der Waals surface area contributed by atoms with Crippen molar-refractivity contribution in [3.8, 4) is 5.75 Å². The SMILES string of the molecule is Nc1cc(=O)[nH]c(SCC2COc3ccccc32)n1. The second-order valence-electron chi connectivity index (χ2n) is 4.33. The third-order valence-corrected chi connectivity index (χ3v) is 4.00. The lowest BCUT2D eigenvalue weighted by Crippen LogP contribution is -2.11. The second-order valence-corrected chi connectivity index (χ2v) is 5.34. The zero-order chi connectivity index (χ0) is 13.2. The van der Waals surface area contributed by atoms with Crippen LogP contribution in [0.3, 0.4) is 0 Å². The predicted molar refractivity (Wildman–Crippen MR) is 74.7 cm³/mol. The van der Waals surface area contributed by atoms with Crippen LogP contribution in [0.15, 0.2) is 40.3 Å². The molecule has 0 spiro atoms. The minimum absolute atomic E-state index is 0.224. The van der Waals surface area contributed by atoms with E-state index in [0.29, 0.717) is 17.7 Å². The minimum atomic E-state index is -0.224. The molecular formula is C13H13N3O2S. The Morgan fingerprint density at radius 3 is 3.16 bits per heavy atom. The average Bonchev–Trinajstić information content (AvgIpc) is 2.78. The van der Waals surface area contributed by atoms with Crippen LogP contribution in [0.4, 0.5) is 5.82 Å². The number of aromatic nitrogens is 2. The van der Waals surface area contributed by atoms with E-state index in [0.717, 1.165) is 11.5 Å². The summed E-state index contributed by atoms with van der Waals surface area (Å²) in [5.74, 6) is 2.30. The topological polar surface area (TPSA) is 81.0 Å². The van der Waals surface area contributed by atoms with Gasteiger partial charge in [-0.15, -0.1) is 0 Å². The van der Waals surface area contributed by atoms with Crippen molar-refractivity contribution in [2.45, 2.75) is 11.1 Å². The largest absolute Gasteiger partial charge is 0.493 e. The fourth-order valence-electron chi connectivity index (χ4n) is 2.07. The van der Waals surface area contributed by atoms with Gasteiger partial charge in [-0.2, -0.15) is 0 Å². The summed E-state index contributed by atoms with van der Waals surface area (Å²) in [5.41, 5.74) is 6.54. The molecule has 0 aliphatic carbocycles. The number of hydrogen-bond donors (Lipinski definition) is 2. The highest BCUT2D eigenvalue weighted by atomic mass is 32.2. The Kier molecular flexibility index (Phi) is 3.16. The zero-order valence-corrected chi connectivity index (χ0v) is 10.9. The molecule has 2 heterocycles. The summed E-state index contributed by atoms with van der Waals surface area (Å²) >= 11 is 1.48. The van der Waals surface area contributed by atoms with Gasteiger partial charge in [0.05, 0.1) is 6.61 Å². The maximum absolute atomic E-state index is 11.3. The molecule has 1 aliphatic heterocycles. The van der Waals surface area contributed by atoms with Crippen molar-refractivity contribution in [2.24, 2.45) is 0 Å². The van der Waals surface area contributed by atoms with E-state index in [-0.39, 0.29) is 11.4 Å². The van der Waals surface area contributed by atoms with Crippen LogP contribution in [0.2, 0.25) is 0 Å². The van der Waals surface area contributed by atoms with Crippen molar-refractivity contribution >= 4 is 17.6 Å². The molecule has 3 rings (SSSR count). The number of nitrogens with zero attached hydrogens (tertiary/aromatic N) is 1. The molecule has 0 fully saturated rings. The number of para-hydroxylation sites is 1. The smallest absolute Gasteiger partial charge is 0.253 e. The third kappa shape index (κ3) is 2.58. The summed E-state index contributed by atoms with van der Waals surface area (Å²) < 4.78 is 5.62. The molecule has 98 valence electrons. The van der Waals surface area contributed by atoms with Crippen LogP contribution in [0, 0.1) is 0 Å². The molecule has 0 bridgehead atoms. The van der Waals surface area contributed by atoms with Gasteiger partial charge in [0, 0.05) is 23.3 Å². The first-order valence-corrected chi connectivity index (χ1v) is 6.92. The van der Waals surface area contributed by atoms with Crippen LogP contribution in [-0.2, 0) is 0 Å². The van der Waals surface area contributed by atoms with E-state index in [9.17, 15) is 4.79 Å². The molecule has 0 saturated carbocycles. The van der Waals surface area contributed by atoms with E-state index in [1.807, 2.05) is 18.2 Å². The van der Waals surface area contributed by atoms with E-state index in [1.165, 1.54) is 23.4 Å². The zero-order valence-electron chi connectivity index (χ0n) is 10.1. The molecule has 0 radical (unpaired) electrons. The number of H-pyrrole nitrogens is 1. The standard InChI is InChI=1S/C13H13N3O2S/c14-11-5-12(17)16-13(15-11)19-7-8-6-18-10-4-2-1-3-9(8)10/h1-5,8H,6-7H2,(H3,14,15,16,17). The molecule has 5 nitrogen and oxygen atoms in total. The molecule has 1 unspecified atom stereocenters. The molecule has 0 amide bonds. The number of ether oxygens (including phenoxy) is 1. The van der Waals surface area contributed by atoms with E-state index in [2.05, 4.69) is 16.0 Å². The number of aromatic amines is 1. The van der Waals surface area contributed by atoms with Gasteiger partial charge in [0.1, 0.15) is 11.6 Å². The first-order chi connectivity index (χ1) is 9.22. The first-order valence-electron chi connectivity index (χ1n) is 5.94. The third-order valence-electron chi connectivity index (χ3n) is 2.96. The van der Waals surface area contributed by atoms with Crippen molar-refractivity contribution in [1.82, 2.24) is 9.97 Å². The number of benzene rings is 1. The lowest BCUT2D eigenvalue weighted by molar-refractivity contribution is 0.338. The molecule has 1 aromatic heterocycles. The highest BCUT2D eigenvalue weighted by Gasteiger charge is 2.23. The summed E-state index contributed by atoms with van der Waals surface area (Å²) in [7, 11) is 0. The number of nitrogens with two attached hydrogens (primary N) is 1. The normalized spacial score (nSPS) is 16.9. The molecule has 6 heteroatoms. The van der Waals surface area contributed by atoms with Crippen LogP contribution in [0.25, 0.3) is 0 Å². The Morgan fingerprint density at radius 1 is 1.47 bits per heavy atom. The number of nitrogen functional groups attached to an aromatic ring is 1. The first kappa shape index (κ1) is 12.1. The van der Waals surface area contributed by atoms with Crippen LogP contribution in [-0.4, -0.2) is 22.3 Å². The van der Waals surface area contributed by atoms with Crippen molar-refractivity contribution in [3.05, 3.63) is 46.2 Å². The number of hydrogen-bond acceptors (Lipinski definition) is 5. The van der Waals surface area contributed by atoms with Crippen LogP contribution in [0.5, 0.6) is 5.75 Å². The summed E-state index contributed by atoms with van der Waals surface area (Å²) in [6.07, 6.45) is 0. The lowest BCUT2D eigenvalue weighted by atomic mass is 10.0. The minimum Gasteiger partial charge on any atom is -0.493 e. The Labute approximate surface area is 114 Å². The quantitative estimate of drug-likeness (QED) is 0.657. The molecule has 19 heavy (non-hydrogen) atoms. The second kappa shape index (κ2) is 4.97. The summed E-state index contributed by atoms with van der Waals surface area (Å²) in [6, 6.07) is 9.29. The van der Waals surface area contributed by atoms with Crippen molar-refractivity contribution < 1.29 is 4.74 Å². The van der Waals surface area contributed by atoms with Gasteiger partial charge in [-0.05, 0) is 6.07 Å². The number of rotatable bonds is 3. The summed E-state index contributed by atoms with van der Waals surface area (Å²) in [4.78, 5) is 18.1. The van der Waals surface area contributed by atoms with Gasteiger partial charge in [-0.25, -0.2) is 4.98 Å². The number of anilines is 1. The number of nitrogens with one attached hydrogen (secondary N) is 1. The van der Waals surface area contributed by atoms with Crippen LogP contribution >= 0.6 is 11.8 Å². The van der Waals surface area contributed by atoms with Gasteiger partial charge in [-0.3, -0.25) is 4.79 Å². The van der Waals surface area contributed by atoms with Crippen LogP contribution < -0.4 is 16.0 Å². The molecule has 2 aromatic rings. The Bertz CT molecular complexity index is 656. The summed E-state index contributed by atoms with van der Waals surface area (Å²) in [6.45, 7) is 0.666. The van der Waals surface area contributed by atoms with E-state index >= 15 is 0 Å². The number of fused-ring (bicyclic) bond motifs is 1. The Balaban J connectivity index is 1.72.